The van der Waals surface area contributed by atoms with Crippen LogP contribution in [0.5, 0.6) is 0 Å². The molecule has 0 amide bonds. The lowest BCUT2D eigenvalue weighted by atomic mass is 10.2. The van der Waals surface area contributed by atoms with Crippen molar-refractivity contribution in [2.45, 2.75) is 18.2 Å². The minimum atomic E-state index is -3.68. The van der Waals surface area contributed by atoms with Gasteiger partial charge in [0.25, 0.3) is 0 Å². The van der Waals surface area contributed by atoms with Crippen LogP contribution in [0, 0.1) is 12.7 Å². The fraction of sp³-hybridized carbons (Fsp3) is 0.176. The summed E-state index contributed by atoms with van der Waals surface area (Å²) < 4.78 is 40.3. The fourth-order valence-corrected chi connectivity index (χ4v) is 4.42. The Balaban J connectivity index is 1.64. The van der Waals surface area contributed by atoms with Crippen molar-refractivity contribution >= 4 is 21.4 Å². The zero-order chi connectivity index (χ0) is 17.9. The molecule has 0 atom stereocenters. The molecule has 3 rings (SSSR count). The van der Waals surface area contributed by atoms with Crippen LogP contribution in [0.15, 0.2) is 52.9 Å². The van der Waals surface area contributed by atoms with Crippen LogP contribution >= 0.6 is 11.3 Å². The third kappa shape index (κ3) is 4.28. The maximum absolute atomic E-state index is 13.1. The normalized spacial score (nSPS) is 11.6. The van der Waals surface area contributed by atoms with E-state index >= 15 is 0 Å². The highest BCUT2D eigenvalue weighted by atomic mass is 32.2. The number of nitrogens with one attached hydrogen (secondary N) is 1. The standard InChI is InChI=1S/C17H16FN3O2S2/c1-12-10-13(18)5-6-16(12)25(22,23)20-9-7-14-11-24-17(21-14)15-4-2-3-8-19-15/h2-6,8,10-11,20H,7,9H2,1H3. The van der Waals surface area contributed by atoms with Crippen LogP contribution in [0.1, 0.15) is 11.3 Å². The molecular weight excluding hydrogens is 361 g/mol. The van der Waals surface area contributed by atoms with E-state index in [2.05, 4.69) is 14.7 Å². The fourth-order valence-electron chi connectivity index (χ4n) is 2.33. The van der Waals surface area contributed by atoms with Crippen LogP contribution < -0.4 is 4.72 Å². The molecule has 2 aromatic heterocycles. The first-order valence-electron chi connectivity index (χ1n) is 7.57. The van der Waals surface area contributed by atoms with Gasteiger partial charge in [-0.15, -0.1) is 11.3 Å². The summed E-state index contributed by atoms with van der Waals surface area (Å²) in [6, 6.07) is 9.22. The van der Waals surface area contributed by atoms with Gasteiger partial charge in [0, 0.05) is 24.5 Å². The Morgan fingerprint density at radius 2 is 2.08 bits per heavy atom. The first kappa shape index (κ1) is 17.7. The summed E-state index contributed by atoms with van der Waals surface area (Å²) in [5, 5.41) is 2.69. The predicted molar refractivity (Wildman–Crippen MR) is 95.4 cm³/mol. The van der Waals surface area contributed by atoms with Crippen molar-refractivity contribution in [2.75, 3.05) is 6.54 Å². The highest BCUT2D eigenvalue weighted by molar-refractivity contribution is 7.89. The second-order valence-electron chi connectivity index (χ2n) is 5.42. The van der Waals surface area contributed by atoms with Crippen molar-refractivity contribution in [3.63, 3.8) is 0 Å². The second kappa shape index (κ2) is 7.38. The predicted octanol–water partition coefficient (Wildman–Crippen LogP) is 3.17. The van der Waals surface area contributed by atoms with E-state index in [9.17, 15) is 12.8 Å². The summed E-state index contributed by atoms with van der Waals surface area (Å²) in [6.07, 6.45) is 2.17. The number of hydrogen-bond acceptors (Lipinski definition) is 5. The molecule has 130 valence electrons. The molecule has 0 unspecified atom stereocenters. The SMILES string of the molecule is Cc1cc(F)ccc1S(=O)(=O)NCCc1csc(-c2ccccn2)n1. The number of halogens is 1. The Labute approximate surface area is 149 Å². The molecule has 0 radical (unpaired) electrons. The lowest BCUT2D eigenvalue weighted by Gasteiger charge is -2.08. The van der Waals surface area contributed by atoms with Gasteiger partial charge in [0.1, 0.15) is 10.8 Å². The van der Waals surface area contributed by atoms with Gasteiger partial charge in [-0.25, -0.2) is 22.5 Å². The largest absolute Gasteiger partial charge is 0.254 e. The monoisotopic (exact) mass is 377 g/mol. The van der Waals surface area contributed by atoms with Crippen LogP contribution in [0.4, 0.5) is 4.39 Å². The van der Waals surface area contributed by atoms with E-state index in [1.54, 1.807) is 13.1 Å². The van der Waals surface area contributed by atoms with Gasteiger partial charge in [0.15, 0.2) is 0 Å². The number of rotatable bonds is 6. The van der Waals surface area contributed by atoms with Crippen molar-refractivity contribution < 1.29 is 12.8 Å². The molecule has 1 N–H and O–H groups in total. The van der Waals surface area contributed by atoms with Gasteiger partial charge in [0.2, 0.25) is 10.0 Å². The molecule has 0 saturated heterocycles. The van der Waals surface area contributed by atoms with E-state index in [4.69, 9.17) is 0 Å². The smallest absolute Gasteiger partial charge is 0.240 e. The van der Waals surface area contributed by atoms with E-state index in [0.717, 1.165) is 22.5 Å². The molecule has 1 aromatic carbocycles. The minimum Gasteiger partial charge on any atom is -0.254 e. The Bertz CT molecular complexity index is 973. The topological polar surface area (TPSA) is 72.0 Å². The number of aromatic nitrogens is 2. The van der Waals surface area contributed by atoms with Crippen molar-refractivity contribution in [1.82, 2.24) is 14.7 Å². The Hall–Kier alpha value is -2.16. The van der Waals surface area contributed by atoms with Gasteiger partial charge in [-0.1, -0.05) is 6.07 Å². The molecule has 8 heteroatoms. The van der Waals surface area contributed by atoms with Crippen LogP contribution in [0.25, 0.3) is 10.7 Å². The molecule has 0 spiro atoms. The zero-order valence-corrected chi connectivity index (χ0v) is 15.1. The molecule has 5 nitrogen and oxygen atoms in total. The van der Waals surface area contributed by atoms with Crippen molar-refractivity contribution in [1.29, 1.82) is 0 Å². The summed E-state index contributed by atoms with van der Waals surface area (Å²) in [5.41, 5.74) is 1.96. The summed E-state index contributed by atoms with van der Waals surface area (Å²) >= 11 is 1.47. The summed E-state index contributed by atoms with van der Waals surface area (Å²) in [7, 11) is -3.68. The van der Waals surface area contributed by atoms with Crippen LogP contribution in [-0.4, -0.2) is 24.9 Å². The number of pyridine rings is 1. The molecule has 0 saturated carbocycles. The van der Waals surface area contributed by atoms with Gasteiger partial charge in [-0.3, -0.25) is 4.98 Å². The summed E-state index contributed by atoms with van der Waals surface area (Å²) in [4.78, 5) is 8.80. The average Bonchev–Trinajstić information content (AvgIpc) is 3.04. The molecule has 25 heavy (non-hydrogen) atoms. The number of benzene rings is 1. The summed E-state index contributed by atoms with van der Waals surface area (Å²) in [5.74, 6) is -0.457. The maximum Gasteiger partial charge on any atom is 0.240 e. The summed E-state index contributed by atoms with van der Waals surface area (Å²) in [6.45, 7) is 1.78. The third-order valence-corrected chi connectivity index (χ3v) is 6.07. The minimum absolute atomic E-state index is 0.0846. The van der Waals surface area contributed by atoms with E-state index in [1.165, 1.54) is 23.5 Å². The number of hydrogen-bond donors (Lipinski definition) is 1. The number of sulfonamides is 1. The molecule has 0 fully saturated rings. The first-order chi connectivity index (χ1) is 12.0. The van der Waals surface area contributed by atoms with Gasteiger partial charge in [0.05, 0.1) is 16.3 Å². The lowest BCUT2D eigenvalue weighted by molar-refractivity contribution is 0.579. The van der Waals surface area contributed by atoms with Crippen molar-refractivity contribution in [2.24, 2.45) is 0 Å². The van der Waals surface area contributed by atoms with Gasteiger partial charge in [-0.2, -0.15) is 0 Å². The Kier molecular flexibility index (Phi) is 5.22. The highest BCUT2D eigenvalue weighted by Crippen LogP contribution is 2.21. The molecule has 2 heterocycles. The molecule has 0 aliphatic carbocycles. The van der Waals surface area contributed by atoms with Crippen molar-refractivity contribution in [3.05, 3.63) is 65.0 Å². The van der Waals surface area contributed by atoms with Crippen LogP contribution in [0.3, 0.4) is 0 Å². The number of nitrogens with zero attached hydrogens (tertiary/aromatic N) is 2. The number of aryl methyl sites for hydroxylation is 1. The maximum atomic E-state index is 13.1. The van der Waals surface area contributed by atoms with Gasteiger partial charge < -0.3 is 0 Å². The lowest BCUT2D eigenvalue weighted by Crippen LogP contribution is -2.26. The zero-order valence-electron chi connectivity index (χ0n) is 13.4. The molecule has 0 aliphatic rings. The molecule has 0 bridgehead atoms. The van der Waals surface area contributed by atoms with E-state index in [0.29, 0.717) is 12.0 Å². The number of thiazole rings is 1. The van der Waals surface area contributed by atoms with Gasteiger partial charge in [-0.05, 0) is 42.8 Å². The van der Waals surface area contributed by atoms with Crippen LogP contribution in [-0.2, 0) is 16.4 Å². The average molecular weight is 377 g/mol. The van der Waals surface area contributed by atoms with Crippen LogP contribution in [0.2, 0.25) is 0 Å². The van der Waals surface area contributed by atoms with E-state index < -0.39 is 15.8 Å². The molecule has 3 aromatic rings. The van der Waals surface area contributed by atoms with E-state index in [-0.39, 0.29) is 11.4 Å². The Morgan fingerprint density at radius 1 is 1.24 bits per heavy atom. The Morgan fingerprint density at radius 3 is 2.80 bits per heavy atom. The molecule has 0 aliphatic heterocycles. The van der Waals surface area contributed by atoms with Gasteiger partial charge >= 0.3 is 0 Å². The quantitative estimate of drug-likeness (QED) is 0.716. The van der Waals surface area contributed by atoms with E-state index in [1.807, 2.05) is 23.6 Å². The highest BCUT2D eigenvalue weighted by Gasteiger charge is 2.17. The molecular formula is C17H16FN3O2S2. The third-order valence-electron chi connectivity index (χ3n) is 3.54. The second-order valence-corrected chi connectivity index (χ2v) is 8.01. The first-order valence-corrected chi connectivity index (χ1v) is 9.93. The van der Waals surface area contributed by atoms with Crippen molar-refractivity contribution in [3.8, 4) is 10.7 Å².